The van der Waals surface area contributed by atoms with Gasteiger partial charge in [0.15, 0.2) is 0 Å². The molecule has 0 aliphatic carbocycles. The molecule has 0 bridgehead atoms. The Balaban J connectivity index is 3.29. The minimum Gasteiger partial charge on any atom is -0.324 e. The van der Waals surface area contributed by atoms with E-state index < -0.39 is 10.0 Å². The zero-order valence-corrected chi connectivity index (χ0v) is 7.93. The minimum absolute atomic E-state index is 0.117. The van der Waals surface area contributed by atoms with Crippen LogP contribution in [0.5, 0.6) is 0 Å². The van der Waals surface area contributed by atoms with Crippen LogP contribution in [-0.2, 0) is 10.0 Å². The highest BCUT2D eigenvalue weighted by Gasteiger charge is 2.10. The number of rotatable bonds is 2. The molecule has 0 unspecified atom stereocenters. The minimum atomic E-state index is -3.63. The van der Waals surface area contributed by atoms with E-state index in [4.69, 9.17) is 11.0 Å². The van der Waals surface area contributed by atoms with E-state index in [9.17, 15) is 8.42 Å². The highest BCUT2D eigenvalue weighted by atomic mass is 32.2. The third-order valence-electron chi connectivity index (χ3n) is 1.65. The lowest BCUT2D eigenvalue weighted by atomic mass is 10.2. The molecule has 0 atom stereocenters. The number of sulfonamides is 1. The molecule has 1 aromatic rings. The molecule has 72 valence electrons. The Bertz CT molecular complexity index is 414. The van der Waals surface area contributed by atoms with Gasteiger partial charge in [0.2, 0.25) is 10.0 Å². The average molecular weight is 201 g/mol. The number of nitrogen functional groups attached to an aromatic ring is 1. The van der Waals surface area contributed by atoms with Crippen molar-refractivity contribution in [2.75, 3.05) is 5.43 Å². The summed E-state index contributed by atoms with van der Waals surface area (Å²) in [6, 6.07) is 4.58. The summed E-state index contributed by atoms with van der Waals surface area (Å²) in [5.74, 6) is 5.15. The molecule has 0 saturated carbocycles. The van der Waals surface area contributed by atoms with E-state index in [2.05, 4.69) is 5.43 Å². The topological polar surface area (TPSA) is 98.2 Å². The third-order valence-corrected chi connectivity index (χ3v) is 2.72. The predicted molar refractivity (Wildman–Crippen MR) is 50.4 cm³/mol. The SMILES string of the molecule is Cc1cc(NN)ccc1S(N)(=O)=O. The number of benzene rings is 1. The van der Waals surface area contributed by atoms with Crippen molar-refractivity contribution in [1.29, 1.82) is 0 Å². The highest BCUT2D eigenvalue weighted by molar-refractivity contribution is 7.89. The highest BCUT2D eigenvalue weighted by Crippen LogP contribution is 2.17. The van der Waals surface area contributed by atoms with Crippen LogP contribution in [0.1, 0.15) is 5.56 Å². The molecule has 5 nitrogen and oxygen atoms in total. The first-order chi connectivity index (χ1) is 5.95. The molecule has 1 aromatic carbocycles. The van der Waals surface area contributed by atoms with Gasteiger partial charge in [-0.3, -0.25) is 5.84 Å². The summed E-state index contributed by atoms with van der Waals surface area (Å²) in [5, 5.41) is 4.97. The standard InChI is InChI=1S/C7H11N3O2S/c1-5-4-6(10-8)2-3-7(5)13(9,11)12/h2-4,10H,8H2,1H3,(H2,9,11,12). The lowest BCUT2D eigenvalue weighted by Crippen LogP contribution is -2.14. The van der Waals surface area contributed by atoms with Crippen LogP contribution in [0.15, 0.2) is 23.1 Å². The van der Waals surface area contributed by atoms with Gasteiger partial charge in [0.05, 0.1) is 4.90 Å². The Hall–Kier alpha value is -1.11. The third kappa shape index (κ3) is 2.18. The fraction of sp³-hybridized carbons (Fsp3) is 0.143. The van der Waals surface area contributed by atoms with Crippen LogP contribution in [0, 0.1) is 6.92 Å². The Kier molecular flexibility index (Phi) is 2.55. The second kappa shape index (κ2) is 3.33. The smallest absolute Gasteiger partial charge is 0.238 e. The summed E-state index contributed by atoms with van der Waals surface area (Å²) in [5.41, 5.74) is 3.62. The summed E-state index contributed by atoms with van der Waals surface area (Å²) >= 11 is 0. The van der Waals surface area contributed by atoms with Crippen molar-refractivity contribution in [2.24, 2.45) is 11.0 Å². The molecule has 0 aliphatic heterocycles. The van der Waals surface area contributed by atoms with Crippen molar-refractivity contribution in [2.45, 2.75) is 11.8 Å². The van der Waals surface area contributed by atoms with Crippen LogP contribution >= 0.6 is 0 Å². The molecule has 6 heteroatoms. The van der Waals surface area contributed by atoms with Crippen molar-refractivity contribution in [3.05, 3.63) is 23.8 Å². The molecule has 0 spiro atoms. The monoisotopic (exact) mass is 201 g/mol. The molecular formula is C7H11N3O2S. The van der Waals surface area contributed by atoms with E-state index in [1.807, 2.05) is 0 Å². The Morgan fingerprint density at radius 1 is 1.38 bits per heavy atom. The van der Waals surface area contributed by atoms with Gasteiger partial charge in [0, 0.05) is 5.69 Å². The molecule has 1 rings (SSSR count). The summed E-state index contributed by atoms with van der Waals surface area (Å²) in [4.78, 5) is 0.117. The molecule has 5 N–H and O–H groups in total. The predicted octanol–water partition coefficient (Wildman–Crippen LogP) is -0.0720. The first kappa shape index (κ1) is 9.97. The fourth-order valence-electron chi connectivity index (χ4n) is 1.06. The van der Waals surface area contributed by atoms with Gasteiger partial charge in [-0.25, -0.2) is 13.6 Å². The van der Waals surface area contributed by atoms with Gasteiger partial charge >= 0.3 is 0 Å². The van der Waals surface area contributed by atoms with E-state index in [0.29, 0.717) is 11.3 Å². The lowest BCUT2D eigenvalue weighted by molar-refractivity contribution is 0.597. The van der Waals surface area contributed by atoms with E-state index in [-0.39, 0.29) is 4.90 Å². The van der Waals surface area contributed by atoms with Crippen LogP contribution in [0.3, 0.4) is 0 Å². The number of hydrogen-bond donors (Lipinski definition) is 3. The van der Waals surface area contributed by atoms with Crippen molar-refractivity contribution in [1.82, 2.24) is 0 Å². The number of hydrogen-bond acceptors (Lipinski definition) is 4. The summed E-state index contributed by atoms with van der Waals surface area (Å²) < 4.78 is 22.0. The van der Waals surface area contributed by atoms with Crippen molar-refractivity contribution >= 4 is 15.7 Å². The van der Waals surface area contributed by atoms with E-state index >= 15 is 0 Å². The van der Waals surface area contributed by atoms with Gasteiger partial charge in [-0.05, 0) is 30.7 Å². The zero-order chi connectivity index (χ0) is 10.1. The largest absolute Gasteiger partial charge is 0.324 e. The summed E-state index contributed by atoms with van der Waals surface area (Å²) in [7, 11) is -3.63. The maximum Gasteiger partial charge on any atom is 0.238 e. The quantitative estimate of drug-likeness (QED) is 0.460. The second-order valence-electron chi connectivity index (χ2n) is 2.67. The molecule has 0 amide bonds. The molecule has 0 aliphatic rings. The van der Waals surface area contributed by atoms with Crippen molar-refractivity contribution in [3.8, 4) is 0 Å². The molecule has 0 saturated heterocycles. The van der Waals surface area contributed by atoms with Crippen LogP contribution in [0.25, 0.3) is 0 Å². The molecule has 0 fully saturated rings. The summed E-state index contributed by atoms with van der Waals surface area (Å²) in [6.07, 6.45) is 0. The number of anilines is 1. The molecule has 0 radical (unpaired) electrons. The van der Waals surface area contributed by atoms with Crippen LogP contribution in [-0.4, -0.2) is 8.42 Å². The molecule has 0 aromatic heterocycles. The zero-order valence-electron chi connectivity index (χ0n) is 7.11. The fourth-order valence-corrected chi connectivity index (χ4v) is 1.82. The molecule has 0 heterocycles. The van der Waals surface area contributed by atoms with Gasteiger partial charge in [-0.15, -0.1) is 0 Å². The molecular weight excluding hydrogens is 190 g/mol. The van der Waals surface area contributed by atoms with Gasteiger partial charge in [-0.1, -0.05) is 0 Å². The maximum absolute atomic E-state index is 11.0. The van der Waals surface area contributed by atoms with Crippen LogP contribution in [0.2, 0.25) is 0 Å². The van der Waals surface area contributed by atoms with Crippen LogP contribution in [0.4, 0.5) is 5.69 Å². The number of primary sulfonamides is 1. The number of hydrazine groups is 1. The average Bonchev–Trinajstić information content (AvgIpc) is 2.01. The first-order valence-electron chi connectivity index (χ1n) is 3.55. The van der Waals surface area contributed by atoms with Crippen molar-refractivity contribution < 1.29 is 8.42 Å². The Morgan fingerprint density at radius 3 is 2.38 bits per heavy atom. The van der Waals surface area contributed by atoms with Gasteiger partial charge in [0.1, 0.15) is 0 Å². The first-order valence-corrected chi connectivity index (χ1v) is 5.10. The van der Waals surface area contributed by atoms with Gasteiger partial charge < -0.3 is 5.43 Å². The Labute approximate surface area is 76.8 Å². The van der Waals surface area contributed by atoms with Crippen molar-refractivity contribution in [3.63, 3.8) is 0 Å². The van der Waals surface area contributed by atoms with Gasteiger partial charge in [-0.2, -0.15) is 0 Å². The van der Waals surface area contributed by atoms with Gasteiger partial charge in [0.25, 0.3) is 0 Å². The molecule has 13 heavy (non-hydrogen) atoms. The normalized spacial score (nSPS) is 11.3. The van der Waals surface area contributed by atoms with E-state index in [0.717, 1.165) is 0 Å². The summed E-state index contributed by atoms with van der Waals surface area (Å²) in [6.45, 7) is 1.65. The second-order valence-corrected chi connectivity index (χ2v) is 4.20. The van der Waals surface area contributed by atoms with E-state index in [1.54, 1.807) is 19.1 Å². The Morgan fingerprint density at radius 2 is 2.00 bits per heavy atom. The van der Waals surface area contributed by atoms with Crippen LogP contribution < -0.4 is 16.4 Å². The van der Waals surface area contributed by atoms with E-state index in [1.165, 1.54) is 6.07 Å². The number of nitrogens with two attached hydrogens (primary N) is 2. The maximum atomic E-state index is 11.0. The number of nitrogens with one attached hydrogen (secondary N) is 1. The lowest BCUT2D eigenvalue weighted by Gasteiger charge is -2.05. The number of aryl methyl sites for hydroxylation is 1.